The molecule has 2 bridgehead atoms. The van der Waals surface area contributed by atoms with Crippen LogP contribution in [0.25, 0.3) is 0 Å². The molecular formula is C13H20N2O5S. The summed E-state index contributed by atoms with van der Waals surface area (Å²) >= 11 is 0. The van der Waals surface area contributed by atoms with Gasteiger partial charge < -0.3 is 11.5 Å². The van der Waals surface area contributed by atoms with Gasteiger partial charge >= 0.3 is 0 Å². The Bertz CT molecular complexity index is 585. The summed E-state index contributed by atoms with van der Waals surface area (Å²) in [7, 11) is -3.80. The highest BCUT2D eigenvalue weighted by Crippen LogP contribution is 2.53. The van der Waals surface area contributed by atoms with Crippen molar-refractivity contribution in [2.75, 3.05) is 5.75 Å². The topological polar surface area (TPSA) is 130 Å². The lowest BCUT2D eigenvalue weighted by atomic mass is 9.80. The van der Waals surface area contributed by atoms with E-state index in [1.165, 1.54) is 6.08 Å². The first-order chi connectivity index (χ1) is 9.72. The van der Waals surface area contributed by atoms with E-state index in [1.54, 1.807) is 6.08 Å². The molecular weight excluding hydrogens is 296 g/mol. The van der Waals surface area contributed by atoms with Crippen molar-refractivity contribution in [2.24, 2.45) is 29.2 Å². The normalized spacial score (nSPS) is 34.2. The molecule has 1 saturated carbocycles. The minimum atomic E-state index is -3.80. The zero-order chi connectivity index (χ0) is 15.8. The van der Waals surface area contributed by atoms with Crippen molar-refractivity contribution >= 4 is 21.9 Å². The first-order valence-corrected chi connectivity index (χ1v) is 8.51. The largest absolute Gasteiger partial charge is 0.369 e. The molecule has 4 N–H and O–H groups in total. The molecule has 0 aromatic carbocycles. The molecule has 0 spiro atoms. The van der Waals surface area contributed by atoms with E-state index < -0.39 is 39.4 Å². The number of amides is 2. The van der Waals surface area contributed by atoms with E-state index in [0.29, 0.717) is 12.8 Å². The lowest BCUT2D eigenvalue weighted by molar-refractivity contribution is -0.135. The third kappa shape index (κ3) is 2.82. The van der Waals surface area contributed by atoms with E-state index in [4.69, 9.17) is 15.7 Å². The standard InChI is InChI=1S/C13H20N2O5S/c1-2-3-6-21(18,19)20-13-5-4-8(7-13)9(11(14)16)10(13)12(15)17/h4-5,8-10H,2-3,6-7H2,1H3,(H2,14,16)(H2,15,17). The molecule has 0 radical (unpaired) electrons. The highest BCUT2D eigenvalue weighted by molar-refractivity contribution is 7.86. The van der Waals surface area contributed by atoms with E-state index in [-0.39, 0.29) is 18.1 Å². The van der Waals surface area contributed by atoms with Gasteiger partial charge in [0.1, 0.15) is 5.60 Å². The summed E-state index contributed by atoms with van der Waals surface area (Å²) in [4.78, 5) is 23.3. The van der Waals surface area contributed by atoms with Crippen LogP contribution in [0.4, 0.5) is 0 Å². The number of unbranched alkanes of at least 4 members (excludes halogenated alkanes) is 1. The monoisotopic (exact) mass is 316 g/mol. The summed E-state index contributed by atoms with van der Waals surface area (Å²) in [5.41, 5.74) is 9.33. The lowest BCUT2D eigenvalue weighted by Gasteiger charge is -2.32. The van der Waals surface area contributed by atoms with Gasteiger partial charge in [-0.1, -0.05) is 25.5 Å². The number of rotatable bonds is 7. The molecule has 118 valence electrons. The molecule has 4 unspecified atom stereocenters. The molecule has 2 aliphatic rings. The average molecular weight is 316 g/mol. The van der Waals surface area contributed by atoms with E-state index in [1.807, 2.05) is 6.92 Å². The van der Waals surface area contributed by atoms with Gasteiger partial charge in [0, 0.05) is 0 Å². The Morgan fingerprint density at radius 2 is 2.00 bits per heavy atom. The Morgan fingerprint density at radius 1 is 1.33 bits per heavy atom. The van der Waals surface area contributed by atoms with Gasteiger partial charge in [-0.2, -0.15) is 8.42 Å². The van der Waals surface area contributed by atoms with Gasteiger partial charge in [0.15, 0.2) is 0 Å². The minimum Gasteiger partial charge on any atom is -0.369 e. The van der Waals surface area contributed by atoms with Crippen molar-refractivity contribution in [3.63, 3.8) is 0 Å². The third-order valence-corrected chi connectivity index (χ3v) is 5.55. The van der Waals surface area contributed by atoms with Crippen molar-refractivity contribution in [1.82, 2.24) is 0 Å². The molecule has 2 aliphatic carbocycles. The molecule has 4 atom stereocenters. The van der Waals surface area contributed by atoms with Crippen LogP contribution in [-0.2, 0) is 23.9 Å². The number of primary amides is 2. The van der Waals surface area contributed by atoms with Crippen LogP contribution in [0.1, 0.15) is 26.2 Å². The number of carbonyl (C=O) groups excluding carboxylic acids is 2. The second kappa shape index (κ2) is 5.42. The predicted octanol–water partition coefficient (Wildman–Crippen LogP) is -0.336. The van der Waals surface area contributed by atoms with Crippen molar-refractivity contribution in [3.05, 3.63) is 12.2 Å². The lowest BCUT2D eigenvalue weighted by Crippen LogP contribution is -2.49. The van der Waals surface area contributed by atoms with Crippen LogP contribution in [-0.4, -0.2) is 31.6 Å². The maximum absolute atomic E-state index is 12.0. The Hall–Kier alpha value is -1.41. The van der Waals surface area contributed by atoms with Crippen LogP contribution in [0.15, 0.2) is 12.2 Å². The fraction of sp³-hybridized carbons (Fsp3) is 0.692. The summed E-state index contributed by atoms with van der Waals surface area (Å²) in [6.07, 6.45) is 4.63. The minimum absolute atomic E-state index is 0.128. The van der Waals surface area contributed by atoms with E-state index in [0.717, 1.165) is 0 Å². The third-order valence-electron chi connectivity index (χ3n) is 4.19. The SMILES string of the molecule is CCCCS(=O)(=O)OC12C=CC(C1)C(C(N)=O)C2C(N)=O. The first kappa shape index (κ1) is 16.0. The second-order valence-corrected chi connectivity index (χ2v) is 7.38. The Kier molecular flexibility index (Phi) is 4.12. The molecule has 8 heteroatoms. The summed E-state index contributed by atoms with van der Waals surface area (Å²) in [5, 5.41) is 0. The second-order valence-electron chi connectivity index (χ2n) is 5.69. The van der Waals surface area contributed by atoms with Crippen LogP contribution in [0.3, 0.4) is 0 Å². The smallest absolute Gasteiger partial charge is 0.268 e. The van der Waals surface area contributed by atoms with Crippen molar-refractivity contribution in [2.45, 2.75) is 31.8 Å². The highest BCUT2D eigenvalue weighted by atomic mass is 32.2. The summed E-state index contributed by atoms with van der Waals surface area (Å²) in [6, 6.07) is 0. The zero-order valence-corrected chi connectivity index (χ0v) is 12.6. The highest BCUT2D eigenvalue weighted by Gasteiger charge is 2.62. The van der Waals surface area contributed by atoms with Crippen LogP contribution in [0.5, 0.6) is 0 Å². The molecule has 0 aromatic rings. The van der Waals surface area contributed by atoms with Crippen LogP contribution in [0.2, 0.25) is 0 Å². The molecule has 0 aromatic heterocycles. The molecule has 21 heavy (non-hydrogen) atoms. The number of nitrogens with two attached hydrogens (primary N) is 2. The maximum atomic E-state index is 12.0. The van der Waals surface area contributed by atoms with Crippen LogP contribution in [0, 0.1) is 17.8 Å². The summed E-state index contributed by atoms with van der Waals surface area (Å²) < 4.78 is 29.4. The van der Waals surface area contributed by atoms with Gasteiger partial charge in [-0.15, -0.1) is 0 Å². The maximum Gasteiger partial charge on any atom is 0.268 e. The molecule has 0 aliphatic heterocycles. The number of hydrogen-bond acceptors (Lipinski definition) is 5. The van der Waals surface area contributed by atoms with Crippen LogP contribution < -0.4 is 11.5 Å². The first-order valence-electron chi connectivity index (χ1n) is 6.94. The van der Waals surface area contributed by atoms with Crippen LogP contribution >= 0.6 is 0 Å². The van der Waals surface area contributed by atoms with Gasteiger partial charge in [-0.25, -0.2) is 0 Å². The number of fused-ring (bicyclic) bond motifs is 2. The van der Waals surface area contributed by atoms with E-state index >= 15 is 0 Å². The van der Waals surface area contributed by atoms with Gasteiger partial charge in [-0.05, 0) is 18.8 Å². The van der Waals surface area contributed by atoms with Gasteiger partial charge in [-0.3, -0.25) is 13.8 Å². The average Bonchev–Trinajstić information content (AvgIpc) is 2.90. The Labute approximate surface area is 123 Å². The Balaban J connectivity index is 2.31. The zero-order valence-electron chi connectivity index (χ0n) is 11.8. The summed E-state index contributed by atoms with van der Waals surface area (Å²) in [6.45, 7) is 1.87. The molecule has 0 saturated heterocycles. The van der Waals surface area contributed by atoms with Gasteiger partial charge in [0.25, 0.3) is 10.1 Å². The fourth-order valence-corrected chi connectivity index (χ4v) is 4.75. The molecule has 2 amide bonds. The van der Waals surface area contributed by atoms with Gasteiger partial charge in [0.2, 0.25) is 11.8 Å². The molecule has 2 rings (SSSR count). The van der Waals surface area contributed by atoms with E-state index in [2.05, 4.69) is 0 Å². The van der Waals surface area contributed by atoms with Gasteiger partial charge in [0.05, 0.1) is 17.6 Å². The molecule has 0 heterocycles. The number of carbonyl (C=O) groups is 2. The fourth-order valence-electron chi connectivity index (χ4n) is 3.33. The summed E-state index contributed by atoms with van der Waals surface area (Å²) in [5.74, 6) is -3.71. The molecule has 1 fully saturated rings. The predicted molar refractivity (Wildman–Crippen MR) is 75.1 cm³/mol. The quantitative estimate of drug-likeness (QED) is 0.490. The van der Waals surface area contributed by atoms with Crippen molar-refractivity contribution in [1.29, 1.82) is 0 Å². The van der Waals surface area contributed by atoms with E-state index in [9.17, 15) is 18.0 Å². The Morgan fingerprint density at radius 3 is 2.52 bits per heavy atom. The number of hydrogen-bond donors (Lipinski definition) is 2. The number of allylic oxidation sites excluding steroid dienone is 1. The van der Waals surface area contributed by atoms with Crippen molar-refractivity contribution < 1.29 is 22.2 Å². The molecule has 7 nitrogen and oxygen atoms in total. The van der Waals surface area contributed by atoms with Crippen molar-refractivity contribution in [3.8, 4) is 0 Å².